The lowest BCUT2D eigenvalue weighted by Crippen LogP contribution is -2.43. The van der Waals surface area contributed by atoms with Gasteiger partial charge in [-0.05, 0) is 42.5 Å². The fourth-order valence-corrected chi connectivity index (χ4v) is 3.81. The first kappa shape index (κ1) is 20.2. The molecule has 0 unspecified atom stereocenters. The number of benzene rings is 2. The van der Waals surface area contributed by atoms with E-state index in [4.69, 9.17) is 4.74 Å². The van der Waals surface area contributed by atoms with Crippen LogP contribution in [0.25, 0.3) is 0 Å². The molecule has 1 aliphatic heterocycles. The molecule has 0 aliphatic carbocycles. The first-order chi connectivity index (χ1) is 14.7. The smallest absolute Gasteiger partial charge is 0.223 e. The van der Waals surface area contributed by atoms with Crippen molar-refractivity contribution in [2.45, 2.75) is 38.5 Å². The Bertz CT molecular complexity index is 976. The normalized spacial score (nSPS) is 20.1. The summed E-state index contributed by atoms with van der Waals surface area (Å²) in [7, 11) is 0. The van der Waals surface area contributed by atoms with Gasteiger partial charge in [-0.25, -0.2) is 9.07 Å². The van der Waals surface area contributed by atoms with Gasteiger partial charge in [0.1, 0.15) is 5.82 Å². The predicted molar refractivity (Wildman–Crippen MR) is 110 cm³/mol. The van der Waals surface area contributed by atoms with Crippen molar-refractivity contribution in [3.63, 3.8) is 0 Å². The number of nitrogens with zero attached hydrogens (tertiary/aromatic N) is 3. The van der Waals surface area contributed by atoms with E-state index in [2.05, 4.69) is 15.6 Å². The van der Waals surface area contributed by atoms with Crippen LogP contribution in [-0.4, -0.2) is 33.5 Å². The van der Waals surface area contributed by atoms with Crippen LogP contribution in [0.4, 0.5) is 4.39 Å². The Hall–Kier alpha value is -3.06. The zero-order valence-corrected chi connectivity index (χ0v) is 16.7. The third-order valence-corrected chi connectivity index (χ3v) is 5.37. The summed E-state index contributed by atoms with van der Waals surface area (Å²) < 4.78 is 21.3. The second-order valence-electron chi connectivity index (χ2n) is 7.68. The lowest BCUT2D eigenvalue weighted by atomic mass is 9.94. The second-order valence-corrected chi connectivity index (χ2v) is 7.68. The number of aromatic nitrogens is 3. The highest BCUT2D eigenvalue weighted by atomic mass is 19.1. The number of ether oxygens (including phenoxy) is 1. The molecule has 0 spiro atoms. The topological polar surface area (TPSA) is 69.0 Å². The standard InChI is InChI=1S/C23H25FN4O2/c24-20-8-4-7-18(12-20)11-19-9-10-28-22(14-25-27-28)16-30-15-21(26-23(19)29)13-17-5-2-1-3-6-17/h1-8,12,14,19,21H,9-11,13,15-16H2,(H,26,29)/t19-,21+/m1/s1. The summed E-state index contributed by atoms with van der Waals surface area (Å²) in [6.45, 7) is 1.33. The third-order valence-electron chi connectivity index (χ3n) is 5.37. The largest absolute Gasteiger partial charge is 0.373 e. The van der Waals surface area contributed by atoms with E-state index in [0.717, 1.165) is 16.8 Å². The van der Waals surface area contributed by atoms with Crippen LogP contribution >= 0.6 is 0 Å². The van der Waals surface area contributed by atoms with Crippen LogP contribution in [0, 0.1) is 11.7 Å². The van der Waals surface area contributed by atoms with Crippen LogP contribution in [0.15, 0.2) is 60.8 Å². The summed E-state index contributed by atoms with van der Waals surface area (Å²) in [6, 6.07) is 16.3. The average Bonchev–Trinajstić information content (AvgIpc) is 3.18. The summed E-state index contributed by atoms with van der Waals surface area (Å²) in [5.74, 6) is -0.647. The van der Waals surface area contributed by atoms with Crippen molar-refractivity contribution < 1.29 is 13.9 Å². The van der Waals surface area contributed by atoms with Gasteiger partial charge >= 0.3 is 0 Å². The molecule has 156 valence electrons. The van der Waals surface area contributed by atoms with E-state index in [1.807, 2.05) is 36.4 Å². The van der Waals surface area contributed by atoms with Crippen molar-refractivity contribution in [3.8, 4) is 0 Å². The molecular formula is C23H25FN4O2. The molecule has 1 aliphatic rings. The Kier molecular flexibility index (Phi) is 6.49. The Morgan fingerprint density at radius 2 is 1.93 bits per heavy atom. The first-order valence-electron chi connectivity index (χ1n) is 10.2. The van der Waals surface area contributed by atoms with Crippen LogP contribution in [0.5, 0.6) is 0 Å². The zero-order valence-electron chi connectivity index (χ0n) is 16.7. The average molecular weight is 408 g/mol. The van der Waals surface area contributed by atoms with Gasteiger partial charge < -0.3 is 10.1 Å². The van der Waals surface area contributed by atoms with Crippen molar-refractivity contribution in [1.29, 1.82) is 0 Å². The molecule has 0 fully saturated rings. The maximum atomic E-state index is 13.7. The van der Waals surface area contributed by atoms with Gasteiger partial charge in [0.25, 0.3) is 0 Å². The SMILES string of the molecule is O=C1N[C@@H](Cc2ccccc2)COCc2cnnn2CC[C@@H]1Cc1cccc(F)c1. The summed E-state index contributed by atoms with van der Waals surface area (Å²) in [6.07, 6.45) is 3.42. The van der Waals surface area contributed by atoms with Crippen molar-refractivity contribution >= 4 is 5.91 Å². The number of aryl methyl sites for hydroxylation is 1. The van der Waals surface area contributed by atoms with Gasteiger partial charge in [0.15, 0.2) is 0 Å². The minimum absolute atomic E-state index is 0.0487. The Balaban J connectivity index is 1.55. The number of carbonyl (C=O) groups excluding carboxylic acids is 1. The molecule has 6 nitrogen and oxygen atoms in total. The Morgan fingerprint density at radius 1 is 1.10 bits per heavy atom. The van der Waals surface area contributed by atoms with E-state index in [-0.39, 0.29) is 23.7 Å². The molecule has 0 saturated carbocycles. The van der Waals surface area contributed by atoms with E-state index in [0.29, 0.717) is 39.0 Å². The Morgan fingerprint density at radius 3 is 2.77 bits per heavy atom. The highest BCUT2D eigenvalue weighted by molar-refractivity contribution is 5.79. The molecule has 2 aromatic carbocycles. The van der Waals surface area contributed by atoms with Crippen LogP contribution < -0.4 is 5.32 Å². The van der Waals surface area contributed by atoms with E-state index in [1.54, 1.807) is 16.9 Å². The molecule has 2 heterocycles. The minimum Gasteiger partial charge on any atom is -0.373 e. The molecule has 0 bridgehead atoms. The number of amides is 1. The summed E-state index contributed by atoms with van der Waals surface area (Å²) in [4.78, 5) is 13.2. The fourth-order valence-electron chi connectivity index (χ4n) is 3.81. The molecule has 1 aromatic heterocycles. The number of nitrogens with one attached hydrogen (secondary N) is 1. The van der Waals surface area contributed by atoms with Gasteiger partial charge in [-0.3, -0.25) is 4.79 Å². The number of halogens is 1. The van der Waals surface area contributed by atoms with Gasteiger partial charge in [-0.15, -0.1) is 5.10 Å². The van der Waals surface area contributed by atoms with Crippen LogP contribution in [0.3, 0.4) is 0 Å². The van der Waals surface area contributed by atoms with E-state index < -0.39 is 0 Å². The quantitative estimate of drug-likeness (QED) is 0.721. The third kappa shape index (κ3) is 5.30. The summed E-state index contributed by atoms with van der Waals surface area (Å²) in [5, 5.41) is 11.3. The second kappa shape index (κ2) is 9.63. The van der Waals surface area contributed by atoms with Crippen molar-refractivity contribution in [3.05, 3.63) is 83.4 Å². The van der Waals surface area contributed by atoms with Gasteiger partial charge in [-0.1, -0.05) is 47.7 Å². The lowest BCUT2D eigenvalue weighted by Gasteiger charge is -2.22. The fraction of sp³-hybridized carbons (Fsp3) is 0.348. The molecule has 0 radical (unpaired) electrons. The number of carbonyl (C=O) groups is 1. The van der Waals surface area contributed by atoms with Crippen LogP contribution in [-0.2, 0) is 35.5 Å². The molecule has 1 N–H and O–H groups in total. The van der Waals surface area contributed by atoms with Crippen LogP contribution in [0.2, 0.25) is 0 Å². The van der Waals surface area contributed by atoms with E-state index in [1.165, 1.54) is 12.1 Å². The molecule has 2 atom stereocenters. The van der Waals surface area contributed by atoms with Crippen LogP contribution in [0.1, 0.15) is 23.2 Å². The maximum absolute atomic E-state index is 13.7. The van der Waals surface area contributed by atoms with E-state index in [9.17, 15) is 9.18 Å². The van der Waals surface area contributed by atoms with Crippen molar-refractivity contribution in [1.82, 2.24) is 20.3 Å². The number of fused-ring (bicyclic) bond motifs is 1. The predicted octanol–water partition coefficient (Wildman–Crippen LogP) is 2.92. The van der Waals surface area contributed by atoms with Gasteiger partial charge in [0, 0.05) is 12.5 Å². The number of hydrogen-bond acceptors (Lipinski definition) is 4. The van der Waals surface area contributed by atoms with Crippen molar-refractivity contribution in [2.75, 3.05) is 6.61 Å². The molecule has 7 heteroatoms. The molecule has 3 aromatic rings. The van der Waals surface area contributed by atoms with Gasteiger partial charge in [-0.2, -0.15) is 0 Å². The summed E-state index contributed by atoms with van der Waals surface area (Å²) in [5.41, 5.74) is 2.82. The molecular weight excluding hydrogens is 383 g/mol. The Labute approximate surface area is 175 Å². The highest BCUT2D eigenvalue weighted by Crippen LogP contribution is 2.17. The molecule has 30 heavy (non-hydrogen) atoms. The minimum atomic E-state index is -0.305. The highest BCUT2D eigenvalue weighted by Gasteiger charge is 2.24. The summed E-state index contributed by atoms with van der Waals surface area (Å²) >= 11 is 0. The lowest BCUT2D eigenvalue weighted by molar-refractivity contribution is -0.126. The maximum Gasteiger partial charge on any atom is 0.223 e. The number of hydrogen-bond donors (Lipinski definition) is 1. The molecule has 4 rings (SSSR count). The van der Waals surface area contributed by atoms with E-state index >= 15 is 0 Å². The molecule has 1 amide bonds. The van der Waals surface area contributed by atoms with Gasteiger partial charge in [0.05, 0.1) is 31.1 Å². The zero-order chi connectivity index (χ0) is 20.8. The van der Waals surface area contributed by atoms with Crippen molar-refractivity contribution in [2.24, 2.45) is 5.92 Å². The monoisotopic (exact) mass is 408 g/mol. The number of rotatable bonds is 4. The first-order valence-corrected chi connectivity index (χ1v) is 10.2. The molecule has 0 saturated heterocycles. The van der Waals surface area contributed by atoms with Gasteiger partial charge in [0.2, 0.25) is 5.91 Å².